The van der Waals surface area contributed by atoms with E-state index in [1.54, 1.807) is 45.7 Å². The predicted molar refractivity (Wildman–Crippen MR) is 157 cm³/mol. The SMILES string of the molecule is CC(C)[C@@H]1OC(=O)C(C)(C)/C=C\c2ccc3ccc(nc3c2)[C@@H](C)N(C)C(=O)[C@@H]2CCCN(N2)C(=O)[C@H](CO)NC1=O. The molecule has 2 aromatic rings. The first-order chi connectivity index (χ1) is 19.8. The van der Waals surface area contributed by atoms with Crippen LogP contribution in [0.1, 0.15) is 64.8 Å². The highest BCUT2D eigenvalue weighted by Crippen LogP contribution is 2.26. The maximum atomic E-state index is 13.5. The Balaban J connectivity index is 1.75. The van der Waals surface area contributed by atoms with Crippen molar-refractivity contribution in [3.63, 3.8) is 0 Å². The molecule has 1 saturated heterocycles. The Bertz CT molecular complexity index is 1390. The van der Waals surface area contributed by atoms with E-state index in [0.717, 1.165) is 16.5 Å². The van der Waals surface area contributed by atoms with Crippen LogP contribution in [0.5, 0.6) is 0 Å². The Morgan fingerprint density at radius 1 is 1.12 bits per heavy atom. The minimum Gasteiger partial charge on any atom is -0.451 e. The number of likely N-dealkylation sites (N-methyl/N-ethyl adjacent to an activating group) is 1. The van der Waals surface area contributed by atoms with Crippen LogP contribution in [0.4, 0.5) is 0 Å². The zero-order chi connectivity index (χ0) is 30.8. The first-order valence-corrected chi connectivity index (χ1v) is 14.4. The number of hydrogen-bond donors (Lipinski definition) is 3. The molecular formula is C31H41N5O6. The molecule has 11 heteroatoms. The van der Waals surface area contributed by atoms with E-state index in [1.807, 2.05) is 43.3 Å². The van der Waals surface area contributed by atoms with Crippen molar-refractivity contribution in [3.8, 4) is 0 Å². The number of hydrazine groups is 1. The Kier molecular flexibility index (Phi) is 9.32. The summed E-state index contributed by atoms with van der Waals surface area (Å²) in [4.78, 5) is 59.8. The topological polar surface area (TPSA) is 141 Å². The molecule has 3 amide bonds. The number of fused-ring (bicyclic) bond motifs is 4. The quantitative estimate of drug-likeness (QED) is 0.461. The normalized spacial score (nSPS) is 26.8. The van der Waals surface area contributed by atoms with Crippen LogP contribution in [0, 0.1) is 11.3 Å². The molecule has 0 aliphatic carbocycles. The Morgan fingerprint density at radius 2 is 1.83 bits per heavy atom. The summed E-state index contributed by atoms with van der Waals surface area (Å²) in [5.41, 5.74) is 4.19. The van der Waals surface area contributed by atoms with Crippen molar-refractivity contribution in [1.82, 2.24) is 25.6 Å². The van der Waals surface area contributed by atoms with Crippen LogP contribution in [-0.4, -0.2) is 82.1 Å². The van der Waals surface area contributed by atoms with E-state index in [0.29, 0.717) is 25.1 Å². The summed E-state index contributed by atoms with van der Waals surface area (Å²) < 4.78 is 5.68. The Hall–Kier alpha value is -3.83. The third-order valence-corrected chi connectivity index (χ3v) is 7.96. The van der Waals surface area contributed by atoms with Crippen molar-refractivity contribution in [2.75, 3.05) is 20.2 Å². The van der Waals surface area contributed by atoms with Crippen molar-refractivity contribution >= 4 is 40.7 Å². The number of rotatable bonds is 2. The lowest BCUT2D eigenvalue weighted by Crippen LogP contribution is -2.62. The van der Waals surface area contributed by atoms with Gasteiger partial charge in [-0.1, -0.05) is 44.2 Å². The molecule has 2 aliphatic rings. The molecule has 0 unspecified atom stereocenters. The van der Waals surface area contributed by atoms with Crippen molar-refractivity contribution in [2.45, 2.75) is 71.7 Å². The van der Waals surface area contributed by atoms with Crippen LogP contribution < -0.4 is 10.7 Å². The molecule has 1 fully saturated rings. The third-order valence-electron chi connectivity index (χ3n) is 7.96. The minimum atomic E-state index is -1.29. The summed E-state index contributed by atoms with van der Waals surface area (Å²) in [7, 11) is 1.71. The number of carbonyl (C=O) groups is 4. The van der Waals surface area contributed by atoms with E-state index in [-0.39, 0.29) is 11.9 Å². The predicted octanol–water partition coefficient (Wildman–Crippen LogP) is 2.35. The average molecular weight is 580 g/mol. The van der Waals surface area contributed by atoms with Crippen molar-refractivity contribution in [2.24, 2.45) is 11.3 Å². The van der Waals surface area contributed by atoms with Crippen LogP contribution in [-0.2, 0) is 23.9 Å². The monoisotopic (exact) mass is 579 g/mol. The van der Waals surface area contributed by atoms with Gasteiger partial charge in [0.1, 0.15) is 12.1 Å². The molecule has 226 valence electrons. The molecular weight excluding hydrogens is 538 g/mol. The number of nitrogens with zero attached hydrogens (tertiary/aromatic N) is 3. The Morgan fingerprint density at radius 3 is 2.52 bits per heavy atom. The largest absolute Gasteiger partial charge is 0.451 e. The molecule has 4 atom stereocenters. The van der Waals surface area contributed by atoms with Crippen molar-refractivity contribution < 1.29 is 29.0 Å². The maximum absolute atomic E-state index is 13.5. The van der Waals surface area contributed by atoms with Gasteiger partial charge < -0.3 is 20.1 Å². The number of benzene rings is 1. The molecule has 5 bridgehead atoms. The minimum absolute atomic E-state index is 0.205. The highest BCUT2D eigenvalue weighted by Gasteiger charge is 2.38. The number of aliphatic hydroxyl groups is 1. The van der Waals surface area contributed by atoms with Crippen LogP contribution in [0.15, 0.2) is 36.4 Å². The number of aliphatic hydroxyl groups excluding tert-OH is 1. The van der Waals surface area contributed by atoms with Crippen LogP contribution in [0.2, 0.25) is 0 Å². The van der Waals surface area contributed by atoms with Gasteiger partial charge in [0.25, 0.3) is 11.8 Å². The summed E-state index contributed by atoms with van der Waals surface area (Å²) >= 11 is 0. The lowest BCUT2D eigenvalue weighted by Gasteiger charge is -2.37. The lowest BCUT2D eigenvalue weighted by molar-refractivity contribution is -0.165. The number of esters is 1. The molecule has 11 nitrogen and oxygen atoms in total. The van der Waals surface area contributed by atoms with Gasteiger partial charge in [0.05, 0.1) is 29.3 Å². The van der Waals surface area contributed by atoms with Gasteiger partial charge in [-0.2, -0.15) is 0 Å². The van der Waals surface area contributed by atoms with Gasteiger partial charge in [-0.25, -0.2) is 5.43 Å². The molecule has 4 rings (SSSR count). The maximum Gasteiger partial charge on any atom is 0.316 e. The van der Waals surface area contributed by atoms with Crippen LogP contribution >= 0.6 is 0 Å². The van der Waals surface area contributed by atoms with E-state index in [1.165, 1.54) is 5.01 Å². The molecule has 42 heavy (non-hydrogen) atoms. The van der Waals surface area contributed by atoms with Gasteiger partial charge in [-0.15, -0.1) is 0 Å². The number of nitrogens with one attached hydrogen (secondary N) is 2. The summed E-state index contributed by atoms with van der Waals surface area (Å²) in [5, 5.41) is 14.8. The molecule has 2 aliphatic heterocycles. The number of aromatic nitrogens is 1. The number of hydrogen-bond acceptors (Lipinski definition) is 8. The standard InChI is InChI=1S/C31H41N5O6/c1-18(2)26-27(38)33-25(17-37)29(40)36-15-7-8-23(34-36)28(39)35(6)19(3)22-12-11-21-10-9-20(16-24(21)32-22)13-14-31(4,5)30(41)42-26/h9-14,16,18-19,23,25-26,34,37H,7-8,15,17H2,1-6H3,(H,33,38)/b14-13-/t19-,23+,25+,26+/m1/s1. The van der Waals surface area contributed by atoms with E-state index in [4.69, 9.17) is 9.72 Å². The van der Waals surface area contributed by atoms with Crippen LogP contribution in [0.25, 0.3) is 17.0 Å². The van der Waals surface area contributed by atoms with Gasteiger partial charge in [-0.05, 0) is 57.2 Å². The number of ether oxygens (including phenoxy) is 1. The molecule has 0 radical (unpaired) electrons. The van der Waals surface area contributed by atoms with Crippen molar-refractivity contribution in [1.29, 1.82) is 0 Å². The van der Waals surface area contributed by atoms with Crippen molar-refractivity contribution in [3.05, 3.63) is 47.7 Å². The number of amides is 3. The van der Waals surface area contributed by atoms with Gasteiger partial charge >= 0.3 is 5.97 Å². The fourth-order valence-corrected chi connectivity index (χ4v) is 5.00. The average Bonchev–Trinajstić information content (AvgIpc) is 2.98. The van der Waals surface area contributed by atoms with E-state index in [9.17, 15) is 24.3 Å². The molecule has 0 spiro atoms. The zero-order valence-electron chi connectivity index (χ0n) is 25.1. The summed E-state index contributed by atoms with van der Waals surface area (Å²) in [5.74, 6) is -2.50. The second-order valence-corrected chi connectivity index (χ2v) is 12.0. The van der Waals surface area contributed by atoms with E-state index >= 15 is 0 Å². The molecule has 3 heterocycles. The highest BCUT2D eigenvalue weighted by atomic mass is 16.5. The fourth-order valence-electron chi connectivity index (χ4n) is 5.00. The van der Waals surface area contributed by atoms with E-state index < -0.39 is 53.9 Å². The molecule has 3 N–H and O–H groups in total. The number of pyridine rings is 1. The lowest BCUT2D eigenvalue weighted by atomic mass is 9.92. The highest BCUT2D eigenvalue weighted by molar-refractivity contribution is 5.92. The number of carbonyl (C=O) groups excluding carboxylic acids is 4. The first kappa shape index (κ1) is 31.1. The zero-order valence-corrected chi connectivity index (χ0v) is 25.1. The Labute approximate surface area is 246 Å². The fraction of sp³-hybridized carbons (Fsp3) is 0.516. The number of cyclic esters (lactones) is 1. The molecule has 1 aromatic heterocycles. The van der Waals surface area contributed by atoms with E-state index in [2.05, 4.69) is 10.7 Å². The summed E-state index contributed by atoms with van der Waals surface area (Å²) in [6, 6.07) is 7.32. The smallest absolute Gasteiger partial charge is 0.316 e. The third kappa shape index (κ3) is 6.63. The first-order valence-electron chi connectivity index (χ1n) is 14.4. The van der Waals surface area contributed by atoms with Crippen LogP contribution in [0.3, 0.4) is 0 Å². The van der Waals surface area contributed by atoms with Gasteiger partial charge in [0, 0.05) is 19.0 Å². The summed E-state index contributed by atoms with van der Waals surface area (Å²) in [6.45, 7) is 8.38. The van der Waals surface area contributed by atoms with Gasteiger partial charge in [0.15, 0.2) is 6.10 Å². The summed E-state index contributed by atoms with van der Waals surface area (Å²) in [6.07, 6.45) is 3.39. The second-order valence-electron chi connectivity index (χ2n) is 12.0. The molecule has 1 aromatic carbocycles. The molecule has 0 saturated carbocycles. The van der Waals surface area contributed by atoms with Gasteiger partial charge in [0.2, 0.25) is 5.91 Å². The second kappa shape index (κ2) is 12.6. The van der Waals surface area contributed by atoms with Gasteiger partial charge in [-0.3, -0.25) is 29.2 Å².